The van der Waals surface area contributed by atoms with Gasteiger partial charge in [-0.25, -0.2) is 0 Å². The summed E-state index contributed by atoms with van der Waals surface area (Å²) in [6.07, 6.45) is 0. The lowest BCUT2D eigenvalue weighted by molar-refractivity contribution is 1.46. The van der Waals surface area contributed by atoms with Crippen LogP contribution in [0.2, 0.25) is 26.2 Å². The van der Waals surface area contributed by atoms with E-state index in [9.17, 15) is 0 Å². The van der Waals surface area contributed by atoms with E-state index in [0.29, 0.717) is 0 Å². The molecule has 0 aliphatic heterocycles. The summed E-state index contributed by atoms with van der Waals surface area (Å²) in [5.41, 5.74) is 1.40. The van der Waals surface area contributed by atoms with Gasteiger partial charge in [0.05, 0.1) is 0 Å². The second kappa shape index (κ2) is 4.62. The zero-order valence-electron chi connectivity index (χ0n) is 8.83. The summed E-state index contributed by atoms with van der Waals surface area (Å²) in [6, 6.07) is 10.8. The van der Waals surface area contributed by atoms with Crippen LogP contribution in [0, 0.1) is 0 Å². The van der Waals surface area contributed by atoms with E-state index in [1.807, 2.05) is 0 Å². The Balaban J connectivity index is 2.89. The van der Waals surface area contributed by atoms with Crippen LogP contribution in [0.1, 0.15) is 0 Å². The topological polar surface area (TPSA) is 3.24 Å². The van der Waals surface area contributed by atoms with Gasteiger partial charge in [-0.1, -0.05) is 44.4 Å². The highest BCUT2D eigenvalue weighted by Gasteiger charge is 2.15. The van der Waals surface area contributed by atoms with Crippen LogP contribution in [0.3, 0.4) is 0 Å². The Kier molecular flexibility index (Phi) is 3.75. The van der Waals surface area contributed by atoms with Crippen LogP contribution >= 0.6 is 0 Å². The molecule has 0 saturated heterocycles. The second-order valence-corrected chi connectivity index (χ2v) is 8.70. The third kappa shape index (κ3) is 2.70. The molecule has 0 atom stereocenters. The van der Waals surface area contributed by atoms with Crippen molar-refractivity contribution in [1.82, 2.24) is 0 Å². The van der Waals surface area contributed by atoms with E-state index in [2.05, 4.69) is 60.8 Å². The zero-order chi connectivity index (χ0) is 9.84. The van der Waals surface area contributed by atoms with Gasteiger partial charge in [0.25, 0.3) is 0 Å². The number of benzene rings is 1. The lowest BCUT2D eigenvalue weighted by Gasteiger charge is -2.31. The Labute approximate surface area is 84.8 Å². The van der Waals surface area contributed by atoms with Crippen molar-refractivity contribution in [2.45, 2.75) is 26.2 Å². The van der Waals surface area contributed by atoms with Crippen molar-refractivity contribution >= 4 is 23.6 Å². The Morgan fingerprint density at radius 3 is 1.69 bits per heavy atom. The van der Waals surface area contributed by atoms with Crippen LogP contribution in [0.4, 0.5) is 5.69 Å². The summed E-state index contributed by atoms with van der Waals surface area (Å²) in [7, 11) is -0.692. The number of nitrogens with zero attached hydrogens (tertiary/aromatic N) is 1. The van der Waals surface area contributed by atoms with E-state index < -0.39 is 0 Å². The Morgan fingerprint density at radius 1 is 0.846 bits per heavy atom. The Bertz CT molecular complexity index is 238. The first-order valence-electron chi connectivity index (χ1n) is 4.58. The minimum absolute atomic E-state index is 0.346. The van der Waals surface area contributed by atoms with Gasteiger partial charge >= 0.3 is 0 Å². The smallest absolute Gasteiger partial charge is 0.153 e. The van der Waals surface area contributed by atoms with Crippen molar-refractivity contribution in [2.24, 2.45) is 0 Å². The van der Waals surface area contributed by atoms with E-state index >= 15 is 0 Å². The molecule has 0 saturated carbocycles. The highest BCUT2D eigenvalue weighted by Crippen LogP contribution is 2.16. The third-order valence-electron chi connectivity index (χ3n) is 1.91. The van der Waals surface area contributed by atoms with Crippen LogP contribution in [0.5, 0.6) is 0 Å². The average Bonchev–Trinajstić information content (AvgIpc) is 2.04. The molecular formula is C10H17NSi2. The molecule has 70 valence electrons. The molecule has 0 heterocycles. The summed E-state index contributed by atoms with van der Waals surface area (Å²) >= 11 is 0. The van der Waals surface area contributed by atoms with Crippen LogP contribution in [-0.4, -0.2) is 17.9 Å². The highest BCUT2D eigenvalue weighted by atomic mass is 28.3. The molecule has 3 heteroatoms. The Morgan fingerprint density at radius 2 is 1.31 bits per heavy atom. The molecule has 1 aromatic carbocycles. The summed E-state index contributed by atoms with van der Waals surface area (Å²) in [5, 5.41) is 0. The van der Waals surface area contributed by atoms with Crippen molar-refractivity contribution in [2.75, 3.05) is 4.23 Å². The van der Waals surface area contributed by atoms with Gasteiger partial charge in [-0.3, -0.25) is 0 Å². The third-order valence-corrected chi connectivity index (χ3v) is 6.90. The number of anilines is 1. The molecule has 0 bridgehead atoms. The van der Waals surface area contributed by atoms with Gasteiger partial charge in [-0.05, 0) is 12.1 Å². The van der Waals surface area contributed by atoms with Crippen LogP contribution in [0.15, 0.2) is 30.3 Å². The molecule has 0 N–H and O–H groups in total. The first-order chi connectivity index (χ1) is 6.13. The van der Waals surface area contributed by atoms with E-state index in [0.717, 1.165) is 0 Å². The highest BCUT2D eigenvalue weighted by molar-refractivity contribution is 6.81. The van der Waals surface area contributed by atoms with Gasteiger partial charge in [0.2, 0.25) is 0 Å². The first-order valence-corrected chi connectivity index (χ1v) is 9.48. The van der Waals surface area contributed by atoms with E-state index in [1.165, 1.54) is 5.69 Å². The lowest BCUT2D eigenvalue weighted by Crippen LogP contribution is -2.43. The predicted molar refractivity (Wildman–Crippen MR) is 63.9 cm³/mol. The predicted octanol–water partition coefficient (Wildman–Crippen LogP) is 3.00. The van der Waals surface area contributed by atoms with Crippen molar-refractivity contribution in [3.05, 3.63) is 30.3 Å². The molecule has 0 aliphatic carbocycles. The average molecular weight is 207 g/mol. The Hall–Kier alpha value is -0.546. The number of para-hydroxylation sites is 1. The molecule has 0 aromatic heterocycles. The van der Waals surface area contributed by atoms with Gasteiger partial charge in [-0.2, -0.15) is 0 Å². The largest absolute Gasteiger partial charge is 0.426 e. The second-order valence-electron chi connectivity index (χ2n) is 3.57. The lowest BCUT2D eigenvalue weighted by atomic mass is 10.3. The summed E-state index contributed by atoms with van der Waals surface area (Å²) in [6.45, 7) is 9.43. The minimum atomic E-state index is -0.346. The fourth-order valence-corrected chi connectivity index (χ4v) is 6.45. The van der Waals surface area contributed by atoms with Gasteiger partial charge < -0.3 is 4.23 Å². The molecule has 1 nitrogen and oxygen atoms in total. The maximum atomic E-state index is 2.62. The molecule has 0 spiro atoms. The van der Waals surface area contributed by atoms with Crippen molar-refractivity contribution in [1.29, 1.82) is 0 Å². The normalized spacial score (nSPS) is 10.9. The van der Waals surface area contributed by atoms with Crippen LogP contribution in [-0.2, 0) is 0 Å². The molecule has 0 amide bonds. The maximum Gasteiger partial charge on any atom is 0.153 e. The van der Waals surface area contributed by atoms with Crippen molar-refractivity contribution in [3.63, 3.8) is 0 Å². The molecule has 1 rings (SSSR count). The van der Waals surface area contributed by atoms with Crippen LogP contribution in [0.25, 0.3) is 0 Å². The maximum absolute atomic E-state index is 2.62. The molecule has 0 fully saturated rings. The molecule has 1 aromatic rings. The fraction of sp³-hybridized carbons (Fsp3) is 0.400. The van der Waals surface area contributed by atoms with E-state index in [4.69, 9.17) is 0 Å². The van der Waals surface area contributed by atoms with Gasteiger partial charge in [0, 0.05) is 5.69 Å². The standard InChI is InChI=1S/C10H17NSi2/c1-12(2)11(13(3)4)10-8-6-5-7-9-10/h5-9H,1-4H3. The van der Waals surface area contributed by atoms with E-state index in [1.54, 1.807) is 0 Å². The van der Waals surface area contributed by atoms with Crippen molar-refractivity contribution < 1.29 is 0 Å². The van der Waals surface area contributed by atoms with Gasteiger partial charge in [0.15, 0.2) is 17.9 Å². The molecular weight excluding hydrogens is 190 g/mol. The molecule has 0 unspecified atom stereocenters. The van der Waals surface area contributed by atoms with Crippen LogP contribution < -0.4 is 4.23 Å². The fourth-order valence-electron chi connectivity index (χ4n) is 1.54. The minimum Gasteiger partial charge on any atom is -0.426 e. The van der Waals surface area contributed by atoms with Gasteiger partial charge in [-0.15, -0.1) is 0 Å². The first kappa shape index (κ1) is 10.5. The molecule has 2 radical (unpaired) electrons. The summed E-state index contributed by atoms with van der Waals surface area (Å²) in [4.78, 5) is 0. The van der Waals surface area contributed by atoms with E-state index in [-0.39, 0.29) is 17.9 Å². The number of hydrogen-bond acceptors (Lipinski definition) is 1. The molecule has 13 heavy (non-hydrogen) atoms. The molecule has 0 aliphatic rings. The van der Waals surface area contributed by atoms with Crippen molar-refractivity contribution in [3.8, 4) is 0 Å². The quantitative estimate of drug-likeness (QED) is 0.689. The number of hydrogen-bond donors (Lipinski definition) is 0. The SMILES string of the molecule is C[Si](C)N(c1ccccc1)[Si](C)C. The monoisotopic (exact) mass is 207 g/mol. The van der Waals surface area contributed by atoms with Gasteiger partial charge in [0.1, 0.15) is 0 Å². The summed E-state index contributed by atoms with van der Waals surface area (Å²) < 4.78 is 2.62. The zero-order valence-corrected chi connectivity index (χ0v) is 10.8. The summed E-state index contributed by atoms with van der Waals surface area (Å²) in [5.74, 6) is 0. The number of rotatable bonds is 3.